The third kappa shape index (κ3) is 10.4. The summed E-state index contributed by atoms with van der Waals surface area (Å²) < 4.78 is 41.9. The molecule has 3 fully saturated rings. The van der Waals surface area contributed by atoms with Gasteiger partial charge in [0.25, 0.3) is 5.91 Å². The van der Waals surface area contributed by atoms with Crippen LogP contribution in [0, 0.1) is 16.7 Å². The molecule has 4 aliphatic rings. The van der Waals surface area contributed by atoms with Crippen LogP contribution in [0.15, 0.2) is 102 Å². The van der Waals surface area contributed by atoms with Crippen molar-refractivity contribution in [3.63, 3.8) is 0 Å². The Bertz CT molecular complexity index is 2550. The lowest BCUT2D eigenvalue weighted by atomic mass is 9.44. The van der Waals surface area contributed by atoms with Crippen LogP contribution in [-0.4, -0.2) is 136 Å². The van der Waals surface area contributed by atoms with Gasteiger partial charge in [0.1, 0.15) is 36.6 Å². The van der Waals surface area contributed by atoms with Crippen molar-refractivity contribution in [2.45, 2.75) is 108 Å². The van der Waals surface area contributed by atoms with Crippen LogP contribution in [-0.2, 0) is 52.3 Å². The second-order valence-corrected chi connectivity index (χ2v) is 21.6. The van der Waals surface area contributed by atoms with E-state index in [1.165, 1.54) is 59.7 Å². The minimum Gasteiger partial charge on any atom is -0.455 e. The Morgan fingerprint density at radius 1 is 0.833 bits per heavy atom. The number of carbonyl (C=O) groups is 7. The van der Waals surface area contributed by atoms with Crippen LogP contribution in [0.4, 0.5) is 4.79 Å². The molecule has 0 spiro atoms. The van der Waals surface area contributed by atoms with Gasteiger partial charge in [-0.15, -0.1) is 0 Å². The van der Waals surface area contributed by atoms with Crippen LogP contribution in [0.25, 0.3) is 0 Å². The Labute approximate surface area is 424 Å². The number of ketones is 1. The van der Waals surface area contributed by atoms with Gasteiger partial charge in [0.15, 0.2) is 17.5 Å². The van der Waals surface area contributed by atoms with E-state index < -0.39 is 119 Å². The first-order chi connectivity index (χ1) is 34.2. The summed E-state index contributed by atoms with van der Waals surface area (Å²) in [6.07, 6.45) is -12.2. The van der Waals surface area contributed by atoms with Crippen LogP contribution in [0.2, 0.25) is 0 Å². The lowest BCUT2D eigenvalue weighted by molar-refractivity contribution is -0.346. The predicted molar refractivity (Wildman–Crippen MR) is 260 cm³/mol. The number of aliphatic hydroxyl groups excluding tert-OH is 2. The molecular weight excluding hydrogens is 975 g/mol. The van der Waals surface area contributed by atoms with Gasteiger partial charge in [-0.1, -0.05) is 102 Å². The molecule has 7 rings (SSSR count). The number of carbonyl (C=O) groups excluding carboxylic acids is 7. The number of ether oxygens (including phenoxy) is 7. The molecule has 18 nitrogen and oxygen atoms in total. The summed E-state index contributed by atoms with van der Waals surface area (Å²) in [5.41, 5.74) is -7.56. The average Bonchev–Trinajstić information content (AvgIpc) is 3.35. The van der Waals surface area contributed by atoms with E-state index >= 15 is 9.59 Å². The molecule has 11 atom stereocenters. The highest BCUT2D eigenvalue weighted by Gasteiger charge is 2.78. The third-order valence-electron chi connectivity index (χ3n) is 14.3. The van der Waals surface area contributed by atoms with Gasteiger partial charge in [-0.2, -0.15) is 0 Å². The molecule has 1 aliphatic heterocycles. The number of rotatable bonds is 17. The SMILES string of the molecule is CC(=O)O[C@H]1C(=O)[C@@]2(C)C(C(OC(=O)c3ccccc3)[C@]3(O)CC(OC(=O)C(OC(=O)OCCSSCCO)C(NC(=O)c4ccccc4)c4ccccc4)C(C)=C1C3(C)C)[C@]1(OC(C)=O)CO[C@@H]1C[C@@H]2O. The smallest absolute Gasteiger partial charge is 0.455 e. The lowest BCUT2D eigenvalue weighted by Gasteiger charge is -2.67. The van der Waals surface area contributed by atoms with E-state index in [9.17, 15) is 34.2 Å². The van der Waals surface area contributed by atoms with Crippen LogP contribution >= 0.6 is 21.6 Å². The minimum atomic E-state index is -2.48. The van der Waals surface area contributed by atoms with Crippen molar-refractivity contribution in [3.05, 3.63) is 119 Å². The number of nitrogens with one attached hydrogen (secondary N) is 1. The zero-order valence-electron chi connectivity index (χ0n) is 40.6. The Kier molecular flexibility index (Phi) is 16.6. The molecule has 0 radical (unpaired) electrons. The fourth-order valence-electron chi connectivity index (χ4n) is 10.7. The summed E-state index contributed by atoms with van der Waals surface area (Å²) in [5.74, 6) is -6.42. The van der Waals surface area contributed by atoms with Crippen LogP contribution in [0.1, 0.15) is 86.7 Å². The van der Waals surface area contributed by atoms with Gasteiger partial charge < -0.3 is 53.8 Å². The normalized spacial score (nSPS) is 28.9. The number of hydrogen-bond donors (Lipinski definition) is 4. The molecule has 20 heteroatoms. The number of hydrogen-bond acceptors (Lipinski definition) is 19. The monoisotopic (exact) mass is 1030 g/mol. The van der Waals surface area contributed by atoms with Gasteiger partial charge in [-0.3, -0.25) is 19.2 Å². The molecule has 5 unspecified atom stereocenters. The maximum absolute atomic E-state index is 15.7. The third-order valence-corrected chi connectivity index (χ3v) is 16.7. The molecule has 0 aromatic heterocycles. The van der Waals surface area contributed by atoms with E-state index in [1.54, 1.807) is 80.6 Å². The molecule has 3 aromatic carbocycles. The van der Waals surface area contributed by atoms with E-state index in [-0.39, 0.29) is 54.3 Å². The summed E-state index contributed by atoms with van der Waals surface area (Å²) in [6, 6.07) is 22.5. The molecule has 1 amide bonds. The van der Waals surface area contributed by atoms with Gasteiger partial charge in [0.2, 0.25) is 6.10 Å². The largest absolute Gasteiger partial charge is 0.509 e. The Morgan fingerprint density at radius 2 is 1.44 bits per heavy atom. The van der Waals surface area contributed by atoms with Crippen molar-refractivity contribution < 1.29 is 82.0 Å². The topological polar surface area (TPSA) is 257 Å². The molecular formula is C52H59NO17S2. The van der Waals surface area contributed by atoms with Gasteiger partial charge in [0.05, 0.1) is 36.2 Å². The fourth-order valence-corrected chi connectivity index (χ4v) is 12.3. The fraction of sp³-hybridized carbons (Fsp3) is 0.481. The molecule has 72 heavy (non-hydrogen) atoms. The van der Waals surface area contributed by atoms with Crippen molar-refractivity contribution in [2.24, 2.45) is 16.7 Å². The van der Waals surface area contributed by atoms with Gasteiger partial charge >= 0.3 is 30.0 Å². The molecule has 2 bridgehead atoms. The molecule has 4 N–H and O–H groups in total. The van der Waals surface area contributed by atoms with Gasteiger partial charge in [0, 0.05) is 49.2 Å². The zero-order valence-corrected chi connectivity index (χ0v) is 42.2. The minimum absolute atomic E-state index is 0.0377. The number of Topliss-reactive ketones (excluding diaryl/α,β-unsaturated/α-hetero) is 1. The number of aliphatic hydroxyl groups is 3. The summed E-state index contributed by atoms with van der Waals surface area (Å²) >= 11 is 0. The number of benzene rings is 3. The molecule has 3 aromatic rings. The van der Waals surface area contributed by atoms with E-state index in [0.29, 0.717) is 11.3 Å². The maximum Gasteiger partial charge on any atom is 0.509 e. The highest BCUT2D eigenvalue weighted by atomic mass is 33.1. The van der Waals surface area contributed by atoms with Crippen molar-refractivity contribution in [2.75, 3.05) is 31.3 Å². The Morgan fingerprint density at radius 3 is 2.03 bits per heavy atom. The van der Waals surface area contributed by atoms with Crippen molar-refractivity contribution >= 4 is 63.3 Å². The average molecular weight is 1030 g/mol. The number of amides is 1. The lowest BCUT2D eigenvalue weighted by Crippen LogP contribution is -2.82. The number of fused-ring (bicyclic) bond motifs is 5. The summed E-state index contributed by atoms with van der Waals surface area (Å²) in [5, 5.41) is 38.1. The molecule has 1 saturated heterocycles. The first-order valence-corrected chi connectivity index (χ1v) is 25.9. The van der Waals surface area contributed by atoms with Gasteiger partial charge in [-0.05, 0) is 54.8 Å². The van der Waals surface area contributed by atoms with E-state index in [4.69, 9.17) is 38.3 Å². The zero-order chi connectivity index (χ0) is 52.2. The highest BCUT2D eigenvalue weighted by molar-refractivity contribution is 8.76. The Balaban J connectivity index is 1.39. The van der Waals surface area contributed by atoms with E-state index in [2.05, 4.69) is 5.32 Å². The van der Waals surface area contributed by atoms with Crippen LogP contribution in [0.3, 0.4) is 0 Å². The first kappa shape index (κ1) is 54.0. The first-order valence-electron chi connectivity index (χ1n) is 23.4. The molecule has 386 valence electrons. The standard InChI is InChI=1S/C52H59NO17S2/c1-29-35(67-47(61)41(68-48(62)64-23-25-72-71-24-22-54)39(32-16-10-7-11-17-32)53-45(59)33-18-12-8-13-19-33)27-52(63)44(69-46(60)34-20-14-9-15-21-34)42-50(6,36(57)26-37-51(42,28-65-37)70-31(3)56)43(58)40(66-30(2)55)38(29)49(52,4)5/h7-21,35-37,39-42,44,54,57,63H,22-28H2,1-6H3,(H,53,59)/t35?,36-,37+,39?,40+,41?,42?,44?,50+,51-,52+/m0/s1. The van der Waals surface area contributed by atoms with Crippen LogP contribution < -0.4 is 5.32 Å². The Hall–Kier alpha value is -5.77. The van der Waals surface area contributed by atoms with Gasteiger partial charge in [-0.25, -0.2) is 14.4 Å². The van der Waals surface area contributed by atoms with Crippen molar-refractivity contribution in [3.8, 4) is 0 Å². The van der Waals surface area contributed by atoms with E-state index in [0.717, 1.165) is 13.8 Å². The second kappa shape index (κ2) is 22.1. The quantitative estimate of drug-likeness (QED) is 0.0441. The predicted octanol–water partition coefficient (Wildman–Crippen LogP) is 5.27. The summed E-state index contributed by atoms with van der Waals surface area (Å²) in [7, 11) is 2.67. The van der Waals surface area contributed by atoms with Crippen molar-refractivity contribution in [1.29, 1.82) is 0 Å². The molecule has 3 aliphatic carbocycles. The second-order valence-electron chi connectivity index (χ2n) is 18.9. The molecule has 1 heterocycles. The van der Waals surface area contributed by atoms with Crippen molar-refractivity contribution in [1.82, 2.24) is 5.32 Å². The van der Waals surface area contributed by atoms with E-state index in [1.807, 2.05) is 0 Å². The maximum atomic E-state index is 15.7. The summed E-state index contributed by atoms with van der Waals surface area (Å²) in [6.45, 7) is 7.60. The number of esters is 4. The summed E-state index contributed by atoms with van der Waals surface area (Å²) in [4.78, 5) is 99.2. The molecule has 2 saturated carbocycles. The van der Waals surface area contributed by atoms with Crippen LogP contribution in [0.5, 0.6) is 0 Å². The highest BCUT2D eigenvalue weighted by Crippen LogP contribution is 2.64.